The molecule has 0 aliphatic carbocycles. The Bertz CT molecular complexity index is 565. The third-order valence-corrected chi connectivity index (χ3v) is 2.42. The molecule has 8 nitrogen and oxygen atoms in total. The van der Waals surface area contributed by atoms with Crippen molar-refractivity contribution in [1.29, 1.82) is 0 Å². The van der Waals surface area contributed by atoms with Crippen LogP contribution in [0, 0.1) is 10.1 Å². The summed E-state index contributed by atoms with van der Waals surface area (Å²) in [6, 6.07) is 3.36. The number of carbonyl (C=O) groups is 2. The van der Waals surface area contributed by atoms with Crippen LogP contribution in [0.3, 0.4) is 0 Å². The first-order valence-electron chi connectivity index (χ1n) is 5.53. The van der Waals surface area contributed by atoms with Gasteiger partial charge in [-0.1, -0.05) is 0 Å². The number of rotatable bonds is 4. The van der Waals surface area contributed by atoms with E-state index in [1.165, 1.54) is 20.8 Å². The molecule has 0 atom stereocenters. The number of hydrogen-bond donors (Lipinski definition) is 1. The number of ether oxygens (including phenoxy) is 2. The van der Waals surface area contributed by atoms with Crippen LogP contribution >= 0.6 is 0 Å². The van der Waals surface area contributed by atoms with Crippen molar-refractivity contribution in [2.45, 2.75) is 26.4 Å². The van der Waals surface area contributed by atoms with E-state index in [9.17, 15) is 19.7 Å². The second-order valence-electron chi connectivity index (χ2n) is 4.41. The van der Waals surface area contributed by atoms with Gasteiger partial charge in [0.2, 0.25) is 0 Å². The average molecular weight is 283 g/mol. The molecule has 1 aromatic carbocycles. The van der Waals surface area contributed by atoms with Crippen LogP contribution in [-0.4, -0.2) is 22.2 Å². The molecule has 0 amide bonds. The Hall–Kier alpha value is -2.64. The maximum Gasteiger partial charge on any atom is 0.511 e. The van der Waals surface area contributed by atoms with Gasteiger partial charge < -0.3 is 14.6 Å². The van der Waals surface area contributed by atoms with Gasteiger partial charge in [0, 0.05) is 24.6 Å². The van der Waals surface area contributed by atoms with Crippen LogP contribution in [0.4, 0.5) is 10.5 Å². The van der Waals surface area contributed by atoms with E-state index in [2.05, 4.69) is 4.74 Å². The van der Waals surface area contributed by atoms with Crippen molar-refractivity contribution in [3.63, 3.8) is 0 Å². The fourth-order valence-corrected chi connectivity index (χ4v) is 1.70. The molecule has 1 N–H and O–H groups in total. The second kappa shape index (κ2) is 5.55. The zero-order valence-electron chi connectivity index (χ0n) is 11.1. The minimum Gasteiger partial charge on any atom is -0.455 e. The Morgan fingerprint density at radius 3 is 2.40 bits per heavy atom. The molecular weight excluding hydrogens is 270 g/mol. The third kappa shape index (κ3) is 3.67. The Balaban J connectivity index is 3.37. The first kappa shape index (κ1) is 15.4. The molecule has 0 unspecified atom stereocenters. The summed E-state index contributed by atoms with van der Waals surface area (Å²) in [5.74, 6) is -0.739. The van der Waals surface area contributed by atoms with Crippen LogP contribution in [0.2, 0.25) is 0 Å². The van der Waals surface area contributed by atoms with Crippen molar-refractivity contribution < 1.29 is 29.1 Å². The van der Waals surface area contributed by atoms with Crippen molar-refractivity contribution in [2.75, 3.05) is 0 Å². The molecule has 108 valence electrons. The number of esters is 1. The highest BCUT2D eigenvalue weighted by atomic mass is 16.7. The number of nitro groups is 1. The lowest BCUT2D eigenvalue weighted by Gasteiger charge is -2.26. The van der Waals surface area contributed by atoms with Crippen LogP contribution in [0.5, 0.6) is 5.75 Å². The van der Waals surface area contributed by atoms with E-state index in [1.807, 2.05) is 0 Å². The van der Waals surface area contributed by atoms with E-state index in [4.69, 9.17) is 9.84 Å². The van der Waals surface area contributed by atoms with Gasteiger partial charge in [0.15, 0.2) is 0 Å². The van der Waals surface area contributed by atoms with Gasteiger partial charge in [-0.3, -0.25) is 14.9 Å². The first-order chi connectivity index (χ1) is 9.13. The number of benzene rings is 1. The summed E-state index contributed by atoms with van der Waals surface area (Å²) in [4.78, 5) is 31.8. The topological polar surface area (TPSA) is 116 Å². The first-order valence-corrected chi connectivity index (χ1v) is 5.53. The second-order valence-corrected chi connectivity index (χ2v) is 4.41. The van der Waals surface area contributed by atoms with Crippen molar-refractivity contribution in [1.82, 2.24) is 0 Å². The number of non-ortho nitro benzene ring substituents is 1. The van der Waals surface area contributed by atoms with E-state index in [0.717, 1.165) is 18.2 Å². The van der Waals surface area contributed by atoms with E-state index in [1.54, 1.807) is 0 Å². The molecule has 0 aromatic heterocycles. The summed E-state index contributed by atoms with van der Waals surface area (Å²) in [7, 11) is 0. The fraction of sp³-hybridized carbons (Fsp3) is 0.333. The molecule has 1 rings (SSSR count). The highest BCUT2D eigenvalue weighted by molar-refractivity contribution is 5.68. The van der Waals surface area contributed by atoms with E-state index in [-0.39, 0.29) is 17.0 Å². The molecule has 0 heterocycles. The molecule has 0 spiro atoms. The van der Waals surface area contributed by atoms with Crippen molar-refractivity contribution in [3.05, 3.63) is 33.9 Å². The fourth-order valence-electron chi connectivity index (χ4n) is 1.70. The number of carboxylic acid groups (broad SMARTS) is 1. The van der Waals surface area contributed by atoms with E-state index < -0.39 is 22.6 Å². The lowest BCUT2D eigenvalue weighted by molar-refractivity contribution is -0.385. The smallest absolute Gasteiger partial charge is 0.455 e. The Kier molecular flexibility index (Phi) is 4.28. The summed E-state index contributed by atoms with van der Waals surface area (Å²) in [6.45, 7) is 4.13. The molecule has 0 fully saturated rings. The largest absolute Gasteiger partial charge is 0.511 e. The quantitative estimate of drug-likeness (QED) is 0.390. The van der Waals surface area contributed by atoms with Gasteiger partial charge in [0.05, 0.1) is 4.92 Å². The normalized spacial score (nSPS) is 10.8. The molecule has 1 aromatic rings. The Morgan fingerprint density at radius 2 is 1.95 bits per heavy atom. The summed E-state index contributed by atoms with van der Waals surface area (Å²) >= 11 is 0. The maximum atomic E-state index is 11.1. The summed E-state index contributed by atoms with van der Waals surface area (Å²) < 4.78 is 9.60. The van der Waals surface area contributed by atoms with Crippen LogP contribution in [0.25, 0.3) is 0 Å². The average Bonchev–Trinajstić information content (AvgIpc) is 2.26. The zero-order valence-corrected chi connectivity index (χ0v) is 11.1. The van der Waals surface area contributed by atoms with Crippen molar-refractivity contribution in [3.8, 4) is 5.75 Å². The van der Waals surface area contributed by atoms with Crippen LogP contribution in [0.1, 0.15) is 26.3 Å². The number of carbonyl (C=O) groups excluding carboxylic acids is 1. The molecule has 0 bridgehead atoms. The molecule has 0 radical (unpaired) electrons. The van der Waals surface area contributed by atoms with Crippen LogP contribution in [-0.2, 0) is 15.1 Å². The maximum absolute atomic E-state index is 11.1. The monoisotopic (exact) mass is 283 g/mol. The van der Waals surface area contributed by atoms with Gasteiger partial charge in [-0.05, 0) is 19.9 Å². The summed E-state index contributed by atoms with van der Waals surface area (Å²) in [5.41, 5.74) is -1.45. The number of nitro benzene ring substituents is 1. The minimum atomic E-state index is -1.57. The van der Waals surface area contributed by atoms with Crippen LogP contribution < -0.4 is 4.74 Å². The predicted molar refractivity (Wildman–Crippen MR) is 66.5 cm³/mol. The van der Waals surface area contributed by atoms with Gasteiger partial charge in [0.25, 0.3) is 5.69 Å². The van der Waals surface area contributed by atoms with E-state index in [0.29, 0.717) is 0 Å². The minimum absolute atomic E-state index is 0.0873. The predicted octanol–water partition coefficient (Wildman–Crippen LogP) is 2.45. The zero-order chi connectivity index (χ0) is 15.5. The highest BCUT2D eigenvalue weighted by Gasteiger charge is 2.30. The van der Waals surface area contributed by atoms with Gasteiger partial charge >= 0.3 is 12.1 Å². The highest BCUT2D eigenvalue weighted by Crippen LogP contribution is 2.35. The van der Waals surface area contributed by atoms with Crippen molar-refractivity contribution >= 4 is 17.8 Å². The molecular formula is C12H13NO7. The van der Waals surface area contributed by atoms with Crippen LogP contribution in [0.15, 0.2) is 18.2 Å². The Labute approximate surface area is 114 Å². The molecule has 0 aliphatic rings. The SMILES string of the molecule is CC(=O)OC(C)(C)c1cc([N+](=O)[O-])ccc1OC(=O)O. The standard InChI is InChI=1S/C12H13NO7/c1-7(14)20-12(2,3)9-6-8(13(17)18)4-5-10(9)19-11(15)16/h4-6H,1-3H3,(H,15,16). The molecule has 0 saturated heterocycles. The summed E-state index contributed by atoms with van der Waals surface area (Å²) in [5, 5.41) is 19.4. The molecule has 20 heavy (non-hydrogen) atoms. The molecule has 8 heteroatoms. The van der Waals surface area contributed by atoms with E-state index >= 15 is 0 Å². The lowest BCUT2D eigenvalue weighted by Crippen LogP contribution is -2.25. The molecule has 0 saturated carbocycles. The lowest BCUT2D eigenvalue weighted by atomic mass is 9.96. The third-order valence-electron chi connectivity index (χ3n) is 2.42. The number of hydrogen-bond acceptors (Lipinski definition) is 6. The van der Waals surface area contributed by atoms with Gasteiger partial charge in [-0.15, -0.1) is 0 Å². The van der Waals surface area contributed by atoms with Gasteiger partial charge in [-0.2, -0.15) is 0 Å². The molecule has 0 aliphatic heterocycles. The Morgan fingerprint density at radius 1 is 1.35 bits per heavy atom. The van der Waals surface area contributed by atoms with Gasteiger partial charge in [-0.25, -0.2) is 4.79 Å². The number of nitrogens with zero attached hydrogens (tertiary/aromatic N) is 1. The summed E-state index contributed by atoms with van der Waals surface area (Å²) in [6.07, 6.45) is -1.57. The van der Waals surface area contributed by atoms with Gasteiger partial charge in [0.1, 0.15) is 11.4 Å². The van der Waals surface area contributed by atoms with Crippen molar-refractivity contribution in [2.24, 2.45) is 0 Å².